The Morgan fingerprint density at radius 2 is 2.35 bits per heavy atom. The van der Waals surface area contributed by atoms with Gasteiger partial charge in [-0.2, -0.15) is 0 Å². The zero-order chi connectivity index (χ0) is 14.5. The first-order valence-corrected chi connectivity index (χ1v) is 8.07. The largest absolute Gasteiger partial charge is 0.342 e. The highest BCUT2D eigenvalue weighted by Gasteiger charge is 2.20. The van der Waals surface area contributed by atoms with E-state index in [1.54, 1.807) is 0 Å². The molecule has 5 nitrogen and oxygen atoms in total. The van der Waals surface area contributed by atoms with E-state index in [1.807, 2.05) is 18.9 Å². The SMILES string of the molecule is Cc1nnsc1CN(C)CCC(=O)N1CCC[C@H](C)C1. The van der Waals surface area contributed by atoms with Crippen molar-refractivity contribution in [3.8, 4) is 0 Å². The number of piperidine rings is 1. The van der Waals surface area contributed by atoms with Crippen molar-refractivity contribution < 1.29 is 4.79 Å². The fourth-order valence-electron chi connectivity index (χ4n) is 2.58. The Morgan fingerprint density at radius 1 is 1.55 bits per heavy atom. The molecular weight excluding hydrogens is 272 g/mol. The van der Waals surface area contributed by atoms with E-state index in [0.717, 1.165) is 38.3 Å². The minimum absolute atomic E-state index is 0.294. The standard InChI is InChI=1S/C14H24N4OS/c1-11-5-4-7-18(9-11)14(19)6-8-17(3)10-13-12(2)15-16-20-13/h11H,4-10H2,1-3H3/t11-/m0/s1. The van der Waals surface area contributed by atoms with E-state index < -0.39 is 0 Å². The van der Waals surface area contributed by atoms with Gasteiger partial charge in [0.05, 0.1) is 10.6 Å². The van der Waals surface area contributed by atoms with Gasteiger partial charge in [-0.05, 0) is 44.3 Å². The van der Waals surface area contributed by atoms with Crippen LogP contribution in [0.3, 0.4) is 0 Å². The second kappa shape index (κ2) is 7.13. The van der Waals surface area contributed by atoms with Crippen LogP contribution in [0.15, 0.2) is 0 Å². The van der Waals surface area contributed by atoms with Crippen LogP contribution in [0.25, 0.3) is 0 Å². The van der Waals surface area contributed by atoms with Crippen LogP contribution in [0.5, 0.6) is 0 Å². The smallest absolute Gasteiger partial charge is 0.223 e. The summed E-state index contributed by atoms with van der Waals surface area (Å²) in [5, 5.41) is 4.01. The molecule has 1 aromatic rings. The summed E-state index contributed by atoms with van der Waals surface area (Å²) in [5.74, 6) is 0.943. The van der Waals surface area contributed by atoms with Gasteiger partial charge in [0.25, 0.3) is 0 Å². The van der Waals surface area contributed by atoms with Crippen molar-refractivity contribution in [2.75, 3.05) is 26.7 Å². The molecule has 1 atom stereocenters. The summed E-state index contributed by atoms with van der Waals surface area (Å²) in [6.45, 7) is 7.69. The predicted octanol–water partition coefficient (Wildman–Crippen LogP) is 1.93. The van der Waals surface area contributed by atoms with E-state index >= 15 is 0 Å². The van der Waals surface area contributed by atoms with Gasteiger partial charge in [0.2, 0.25) is 5.91 Å². The Labute approximate surface area is 125 Å². The van der Waals surface area contributed by atoms with Crippen LogP contribution in [0, 0.1) is 12.8 Å². The molecule has 2 rings (SSSR count). The van der Waals surface area contributed by atoms with Crippen LogP contribution in [0.2, 0.25) is 0 Å². The van der Waals surface area contributed by atoms with E-state index in [9.17, 15) is 4.79 Å². The topological polar surface area (TPSA) is 49.3 Å². The molecule has 0 radical (unpaired) electrons. The lowest BCUT2D eigenvalue weighted by molar-refractivity contribution is -0.133. The molecule has 1 amide bonds. The van der Waals surface area contributed by atoms with Crippen molar-refractivity contribution in [2.24, 2.45) is 5.92 Å². The number of likely N-dealkylation sites (tertiary alicyclic amines) is 1. The van der Waals surface area contributed by atoms with E-state index in [-0.39, 0.29) is 0 Å². The zero-order valence-electron chi connectivity index (χ0n) is 12.6. The third-order valence-electron chi connectivity index (χ3n) is 3.88. The molecule has 0 spiro atoms. The number of aryl methyl sites for hydroxylation is 1. The van der Waals surface area contributed by atoms with Gasteiger partial charge in [-0.3, -0.25) is 4.79 Å². The number of rotatable bonds is 5. The molecular formula is C14H24N4OS. The number of amides is 1. The lowest BCUT2D eigenvalue weighted by atomic mass is 10.00. The van der Waals surface area contributed by atoms with Crippen LogP contribution < -0.4 is 0 Å². The Morgan fingerprint density at radius 3 is 3.00 bits per heavy atom. The molecule has 112 valence electrons. The van der Waals surface area contributed by atoms with Crippen molar-refractivity contribution in [2.45, 2.75) is 39.7 Å². The number of hydrogen-bond donors (Lipinski definition) is 0. The summed E-state index contributed by atoms with van der Waals surface area (Å²) < 4.78 is 3.94. The first kappa shape index (κ1) is 15.4. The molecule has 1 aromatic heterocycles. The maximum Gasteiger partial charge on any atom is 0.223 e. The van der Waals surface area contributed by atoms with Gasteiger partial charge in [-0.15, -0.1) is 5.10 Å². The van der Waals surface area contributed by atoms with Crippen molar-refractivity contribution in [1.29, 1.82) is 0 Å². The highest BCUT2D eigenvalue weighted by atomic mass is 32.1. The zero-order valence-corrected chi connectivity index (χ0v) is 13.4. The van der Waals surface area contributed by atoms with Crippen molar-refractivity contribution in [3.05, 3.63) is 10.6 Å². The summed E-state index contributed by atoms with van der Waals surface area (Å²) in [7, 11) is 2.05. The maximum absolute atomic E-state index is 12.2. The fourth-order valence-corrected chi connectivity index (χ4v) is 3.29. The second-order valence-corrected chi connectivity index (χ2v) is 6.70. The van der Waals surface area contributed by atoms with Gasteiger partial charge in [-0.25, -0.2) is 0 Å². The molecule has 1 aliphatic heterocycles. The minimum Gasteiger partial charge on any atom is -0.342 e. The highest BCUT2D eigenvalue weighted by molar-refractivity contribution is 7.05. The normalized spacial score (nSPS) is 19.6. The Balaban J connectivity index is 1.74. The highest BCUT2D eigenvalue weighted by Crippen LogP contribution is 2.16. The molecule has 1 fully saturated rings. The first-order valence-electron chi connectivity index (χ1n) is 7.30. The molecule has 0 N–H and O–H groups in total. The van der Waals surface area contributed by atoms with E-state index in [4.69, 9.17) is 0 Å². The molecule has 20 heavy (non-hydrogen) atoms. The number of aromatic nitrogens is 2. The molecule has 1 saturated heterocycles. The summed E-state index contributed by atoms with van der Waals surface area (Å²) in [4.78, 5) is 17.6. The Hall–Kier alpha value is -1.01. The van der Waals surface area contributed by atoms with Gasteiger partial charge >= 0.3 is 0 Å². The molecule has 1 aliphatic rings. The molecule has 2 heterocycles. The van der Waals surface area contributed by atoms with E-state index in [1.165, 1.54) is 22.8 Å². The number of carbonyl (C=O) groups is 1. The number of nitrogens with zero attached hydrogens (tertiary/aromatic N) is 4. The average Bonchev–Trinajstić information content (AvgIpc) is 2.81. The fraction of sp³-hybridized carbons (Fsp3) is 0.786. The van der Waals surface area contributed by atoms with Crippen LogP contribution in [-0.4, -0.2) is 52.0 Å². The summed E-state index contributed by atoms with van der Waals surface area (Å²) >= 11 is 1.44. The minimum atomic E-state index is 0.294. The maximum atomic E-state index is 12.2. The lowest BCUT2D eigenvalue weighted by Crippen LogP contribution is -2.40. The average molecular weight is 296 g/mol. The van der Waals surface area contributed by atoms with Crippen LogP contribution in [-0.2, 0) is 11.3 Å². The molecule has 0 aliphatic carbocycles. The van der Waals surface area contributed by atoms with Gasteiger partial charge < -0.3 is 9.80 Å². The third-order valence-corrected chi connectivity index (χ3v) is 4.68. The van der Waals surface area contributed by atoms with Gasteiger partial charge in [-0.1, -0.05) is 11.4 Å². The van der Waals surface area contributed by atoms with E-state index in [0.29, 0.717) is 18.2 Å². The lowest BCUT2D eigenvalue weighted by Gasteiger charge is -2.31. The molecule has 0 aromatic carbocycles. The predicted molar refractivity (Wildman–Crippen MR) is 80.6 cm³/mol. The van der Waals surface area contributed by atoms with Crippen LogP contribution >= 0.6 is 11.5 Å². The van der Waals surface area contributed by atoms with Gasteiger partial charge in [0, 0.05) is 32.6 Å². The van der Waals surface area contributed by atoms with Crippen LogP contribution in [0.1, 0.15) is 36.8 Å². The quantitative estimate of drug-likeness (QED) is 0.833. The van der Waals surface area contributed by atoms with E-state index in [2.05, 4.69) is 21.4 Å². The second-order valence-electron chi connectivity index (χ2n) is 5.86. The summed E-state index contributed by atoms with van der Waals surface area (Å²) in [5.41, 5.74) is 0.998. The van der Waals surface area contributed by atoms with Gasteiger partial charge in [0.1, 0.15) is 0 Å². The molecule has 0 unspecified atom stereocenters. The van der Waals surface area contributed by atoms with Crippen LogP contribution in [0.4, 0.5) is 0 Å². The monoisotopic (exact) mass is 296 g/mol. The molecule has 0 saturated carbocycles. The molecule has 6 heteroatoms. The Kier molecular flexibility index (Phi) is 5.48. The number of hydrogen-bond acceptors (Lipinski definition) is 5. The Bertz CT molecular complexity index is 448. The van der Waals surface area contributed by atoms with Gasteiger partial charge in [0.15, 0.2) is 0 Å². The van der Waals surface area contributed by atoms with Crippen molar-refractivity contribution >= 4 is 17.4 Å². The third kappa shape index (κ3) is 4.24. The summed E-state index contributed by atoms with van der Waals surface area (Å²) in [6, 6.07) is 0. The molecule has 0 bridgehead atoms. The van der Waals surface area contributed by atoms with Crippen molar-refractivity contribution in [3.63, 3.8) is 0 Å². The number of carbonyl (C=O) groups excluding carboxylic acids is 1. The first-order chi connectivity index (χ1) is 9.56. The summed E-state index contributed by atoms with van der Waals surface area (Å²) in [6.07, 6.45) is 3.00. The van der Waals surface area contributed by atoms with Crippen molar-refractivity contribution in [1.82, 2.24) is 19.4 Å².